The molecule has 0 aromatic carbocycles. The Hall–Kier alpha value is -1.99. The predicted octanol–water partition coefficient (Wildman–Crippen LogP) is 3.69. The number of thiophene rings is 1. The number of fused-ring (bicyclic) bond motifs is 1. The number of carbonyl (C=O) groups excluding carboxylic acids is 1. The Kier molecular flexibility index (Phi) is 5.99. The average molecular weight is 376 g/mol. The van der Waals surface area contributed by atoms with Gasteiger partial charge in [0, 0.05) is 23.8 Å². The highest BCUT2D eigenvalue weighted by Crippen LogP contribution is 2.37. The molecule has 2 heterocycles. The second-order valence-corrected chi connectivity index (χ2v) is 7.44. The first-order valence-electron chi connectivity index (χ1n) is 8.35. The van der Waals surface area contributed by atoms with E-state index in [9.17, 15) is 4.79 Å². The number of ether oxygens (including phenoxy) is 1. The molecule has 2 aromatic rings. The molecule has 1 aliphatic carbocycles. The van der Waals surface area contributed by atoms with E-state index in [2.05, 4.69) is 15.6 Å². The minimum atomic E-state index is -0.293. The van der Waals surface area contributed by atoms with Crippen LogP contribution < -0.4 is 10.6 Å². The van der Waals surface area contributed by atoms with E-state index in [1.165, 1.54) is 18.4 Å². The van der Waals surface area contributed by atoms with Crippen LogP contribution in [0.5, 0.6) is 0 Å². The van der Waals surface area contributed by atoms with Gasteiger partial charge in [-0.1, -0.05) is 6.42 Å². The Morgan fingerprint density at radius 1 is 1.28 bits per heavy atom. The molecular weight excluding hydrogens is 354 g/mol. The first-order valence-corrected chi connectivity index (χ1v) is 9.58. The van der Waals surface area contributed by atoms with Crippen molar-refractivity contribution in [2.45, 2.75) is 38.6 Å². The minimum Gasteiger partial charge on any atom is -0.465 e. The lowest BCUT2D eigenvalue weighted by Gasteiger charge is -2.11. The third-order valence-electron chi connectivity index (χ3n) is 4.24. The molecule has 0 unspecified atom stereocenters. The summed E-state index contributed by atoms with van der Waals surface area (Å²) in [6, 6.07) is 3.87. The van der Waals surface area contributed by atoms with Gasteiger partial charge in [-0.15, -0.1) is 11.3 Å². The first-order chi connectivity index (χ1) is 12.2. The minimum absolute atomic E-state index is 0.293. The summed E-state index contributed by atoms with van der Waals surface area (Å²) in [5.41, 5.74) is 2.88. The predicted molar refractivity (Wildman–Crippen MR) is 104 cm³/mol. The largest absolute Gasteiger partial charge is 0.465 e. The number of pyridine rings is 1. The van der Waals surface area contributed by atoms with Gasteiger partial charge >= 0.3 is 5.97 Å². The number of thiocarbonyl (C=S) groups is 1. The molecular formula is C18H21N3O2S2. The van der Waals surface area contributed by atoms with Crippen molar-refractivity contribution < 1.29 is 9.53 Å². The van der Waals surface area contributed by atoms with E-state index in [4.69, 9.17) is 17.0 Å². The molecule has 0 saturated heterocycles. The molecule has 0 radical (unpaired) electrons. The lowest BCUT2D eigenvalue weighted by atomic mass is 10.1. The maximum atomic E-state index is 12.3. The van der Waals surface area contributed by atoms with E-state index in [1.54, 1.807) is 23.7 Å². The van der Waals surface area contributed by atoms with Gasteiger partial charge in [0.1, 0.15) is 5.00 Å². The molecule has 1 aliphatic rings. The number of carbonyl (C=O) groups is 1. The van der Waals surface area contributed by atoms with Crippen molar-refractivity contribution in [2.75, 3.05) is 12.4 Å². The van der Waals surface area contributed by atoms with Crippen LogP contribution in [-0.2, 0) is 24.1 Å². The fourth-order valence-electron chi connectivity index (χ4n) is 2.98. The summed E-state index contributed by atoms with van der Waals surface area (Å²) in [6.45, 7) is 0.604. The zero-order chi connectivity index (χ0) is 17.6. The molecule has 0 atom stereocenters. The Balaban J connectivity index is 1.74. The Labute approximate surface area is 156 Å². The lowest BCUT2D eigenvalue weighted by molar-refractivity contribution is 0.0601. The molecule has 0 aliphatic heterocycles. The van der Waals surface area contributed by atoms with E-state index in [1.807, 2.05) is 12.1 Å². The van der Waals surface area contributed by atoms with Gasteiger partial charge in [0.05, 0.1) is 12.7 Å². The van der Waals surface area contributed by atoms with Crippen LogP contribution in [0, 0.1) is 0 Å². The first kappa shape index (κ1) is 17.8. The van der Waals surface area contributed by atoms with Gasteiger partial charge in [0.25, 0.3) is 0 Å². The normalized spacial score (nSPS) is 13.5. The van der Waals surface area contributed by atoms with Crippen LogP contribution in [0.2, 0.25) is 0 Å². The highest BCUT2D eigenvalue weighted by Gasteiger charge is 2.25. The molecule has 0 bridgehead atoms. The molecule has 5 nitrogen and oxygen atoms in total. The summed E-state index contributed by atoms with van der Waals surface area (Å²) >= 11 is 7.02. The molecule has 0 amide bonds. The highest BCUT2D eigenvalue weighted by molar-refractivity contribution is 7.80. The van der Waals surface area contributed by atoms with Crippen LogP contribution in [-0.4, -0.2) is 23.2 Å². The zero-order valence-electron chi connectivity index (χ0n) is 14.1. The summed E-state index contributed by atoms with van der Waals surface area (Å²) in [6.07, 6.45) is 8.92. The van der Waals surface area contributed by atoms with Gasteiger partial charge in [-0.2, -0.15) is 0 Å². The van der Waals surface area contributed by atoms with E-state index in [-0.39, 0.29) is 5.97 Å². The van der Waals surface area contributed by atoms with Gasteiger partial charge < -0.3 is 15.4 Å². The summed E-state index contributed by atoms with van der Waals surface area (Å²) in [4.78, 5) is 17.6. The van der Waals surface area contributed by atoms with E-state index in [0.717, 1.165) is 41.8 Å². The van der Waals surface area contributed by atoms with Crippen LogP contribution >= 0.6 is 23.6 Å². The molecule has 7 heteroatoms. The summed E-state index contributed by atoms with van der Waals surface area (Å²) in [5, 5.41) is 7.65. The second-order valence-electron chi connectivity index (χ2n) is 5.92. The van der Waals surface area contributed by atoms with Gasteiger partial charge in [0.15, 0.2) is 5.11 Å². The number of hydrogen-bond acceptors (Lipinski definition) is 5. The molecule has 0 spiro atoms. The molecule has 2 N–H and O–H groups in total. The number of esters is 1. The topological polar surface area (TPSA) is 63.2 Å². The van der Waals surface area contributed by atoms with E-state index < -0.39 is 0 Å². The monoisotopic (exact) mass is 375 g/mol. The van der Waals surface area contributed by atoms with Crippen molar-refractivity contribution in [3.8, 4) is 0 Å². The number of hydrogen-bond donors (Lipinski definition) is 2. The van der Waals surface area contributed by atoms with Crippen molar-refractivity contribution in [3.05, 3.63) is 46.1 Å². The average Bonchev–Trinajstić information content (AvgIpc) is 2.81. The Morgan fingerprint density at radius 2 is 2.04 bits per heavy atom. The fraction of sp³-hybridized carbons (Fsp3) is 0.389. The summed E-state index contributed by atoms with van der Waals surface area (Å²) in [7, 11) is 1.42. The highest BCUT2D eigenvalue weighted by atomic mass is 32.1. The number of aryl methyl sites for hydroxylation is 1. The molecule has 3 rings (SSSR count). The zero-order valence-corrected chi connectivity index (χ0v) is 15.8. The molecule has 0 fully saturated rings. The van der Waals surface area contributed by atoms with Crippen molar-refractivity contribution in [1.29, 1.82) is 0 Å². The van der Waals surface area contributed by atoms with E-state index in [0.29, 0.717) is 17.2 Å². The molecule has 0 saturated carbocycles. The van der Waals surface area contributed by atoms with Crippen molar-refractivity contribution in [1.82, 2.24) is 10.3 Å². The smallest absolute Gasteiger partial charge is 0.341 e. The Bertz CT molecular complexity index is 759. The fourth-order valence-corrected chi connectivity index (χ4v) is 4.50. The van der Waals surface area contributed by atoms with Gasteiger partial charge in [0.2, 0.25) is 0 Å². The van der Waals surface area contributed by atoms with Crippen LogP contribution in [0.1, 0.15) is 45.6 Å². The Morgan fingerprint density at radius 3 is 2.80 bits per heavy atom. The number of aromatic nitrogens is 1. The van der Waals surface area contributed by atoms with Crippen LogP contribution in [0.25, 0.3) is 0 Å². The number of anilines is 1. The van der Waals surface area contributed by atoms with E-state index >= 15 is 0 Å². The van der Waals surface area contributed by atoms with Crippen molar-refractivity contribution >= 4 is 39.6 Å². The van der Waals surface area contributed by atoms with Gasteiger partial charge in [-0.05, 0) is 61.2 Å². The maximum absolute atomic E-state index is 12.3. The summed E-state index contributed by atoms with van der Waals surface area (Å²) in [5.74, 6) is -0.293. The molecule has 2 aromatic heterocycles. The number of rotatable bonds is 4. The quantitative estimate of drug-likeness (QED) is 0.483. The van der Waals surface area contributed by atoms with Crippen LogP contribution in [0.4, 0.5) is 5.00 Å². The molecule has 25 heavy (non-hydrogen) atoms. The standard InChI is InChI=1S/C18H21N3O2S2/c1-23-17(22)15-13-5-3-2-4-6-14(13)25-16(15)21-18(24)20-11-12-7-9-19-10-8-12/h7-10H,2-6,11H2,1H3,(H2,20,21,24). The van der Waals surface area contributed by atoms with Crippen molar-refractivity contribution in [2.24, 2.45) is 0 Å². The van der Waals surface area contributed by atoms with Crippen LogP contribution in [0.3, 0.4) is 0 Å². The SMILES string of the molecule is COC(=O)c1c(NC(=S)NCc2ccncc2)sc2c1CCCCC2. The second kappa shape index (κ2) is 8.40. The maximum Gasteiger partial charge on any atom is 0.341 e. The molecule has 132 valence electrons. The third kappa shape index (κ3) is 4.35. The number of nitrogens with one attached hydrogen (secondary N) is 2. The number of nitrogens with zero attached hydrogens (tertiary/aromatic N) is 1. The third-order valence-corrected chi connectivity index (χ3v) is 5.69. The van der Waals surface area contributed by atoms with Gasteiger partial charge in [-0.3, -0.25) is 4.98 Å². The van der Waals surface area contributed by atoms with Crippen LogP contribution in [0.15, 0.2) is 24.5 Å². The number of methoxy groups -OCH3 is 1. The lowest BCUT2D eigenvalue weighted by Crippen LogP contribution is -2.28. The van der Waals surface area contributed by atoms with Gasteiger partial charge in [-0.25, -0.2) is 4.79 Å². The summed E-state index contributed by atoms with van der Waals surface area (Å²) < 4.78 is 5.01. The van der Waals surface area contributed by atoms with Crippen molar-refractivity contribution in [3.63, 3.8) is 0 Å².